The summed E-state index contributed by atoms with van der Waals surface area (Å²) < 4.78 is 0.882. The largest absolute Gasteiger partial charge is 0.508 e. The quantitative estimate of drug-likeness (QED) is 0.652. The highest BCUT2D eigenvalue weighted by Gasteiger charge is 2.16. The SMILES string of the molecule is O=C(CN1CC=C(c2ccc(O)cc2)CC1)NNC(=O)c1ccc(Br)cc1. The highest BCUT2D eigenvalue weighted by Crippen LogP contribution is 2.23. The van der Waals surface area contributed by atoms with E-state index in [4.69, 9.17) is 0 Å². The third kappa shape index (κ3) is 5.42. The Bertz CT molecular complexity index is 848. The number of hydrogen-bond acceptors (Lipinski definition) is 4. The van der Waals surface area contributed by atoms with Crippen molar-refractivity contribution in [3.8, 4) is 5.75 Å². The van der Waals surface area contributed by atoms with Gasteiger partial charge < -0.3 is 5.11 Å². The smallest absolute Gasteiger partial charge is 0.269 e. The summed E-state index contributed by atoms with van der Waals surface area (Å²) in [6, 6.07) is 14.0. The number of aromatic hydroxyl groups is 1. The van der Waals surface area contributed by atoms with E-state index in [1.807, 2.05) is 17.0 Å². The number of phenols is 1. The first kappa shape index (κ1) is 19.1. The topological polar surface area (TPSA) is 81.7 Å². The van der Waals surface area contributed by atoms with Gasteiger partial charge >= 0.3 is 0 Å². The Morgan fingerprint density at radius 3 is 2.37 bits per heavy atom. The van der Waals surface area contributed by atoms with E-state index >= 15 is 0 Å². The van der Waals surface area contributed by atoms with Crippen LogP contribution in [0.1, 0.15) is 22.3 Å². The molecule has 6 nitrogen and oxygen atoms in total. The van der Waals surface area contributed by atoms with E-state index in [-0.39, 0.29) is 24.1 Å². The number of amides is 2. The molecule has 2 aromatic carbocycles. The normalized spacial score (nSPS) is 14.3. The van der Waals surface area contributed by atoms with Crippen LogP contribution in [-0.4, -0.2) is 41.5 Å². The van der Waals surface area contributed by atoms with Gasteiger partial charge in [0.2, 0.25) is 0 Å². The number of nitrogens with one attached hydrogen (secondary N) is 2. The summed E-state index contributed by atoms with van der Waals surface area (Å²) in [5.41, 5.74) is 7.64. The second-order valence-electron chi connectivity index (χ2n) is 6.27. The molecule has 1 aliphatic heterocycles. The summed E-state index contributed by atoms with van der Waals surface area (Å²) >= 11 is 3.31. The van der Waals surface area contributed by atoms with Crippen molar-refractivity contribution in [2.24, 2.45) is 0 Å². The second-order valence-corrected chi connectivity index (χ2v) is 7.19. The van der Waals surface area contributed by atoms with Crippen LogP contribution in [0.3, 0.4) is 0 Å². The van der Waals surface area contributed by atoms with E-state index in [0.29, 0.717) is 12.1 Å². The van der Waals surface area contributed by atoms with E-state index in [9.17, 15) is 14.7 Å². The average molecular weight is 430 g/mol. The van der Waals surface area contributed by atoms with E-state index in [2.05, 4.69) is 32.9 Å². The van der Waals surface area contributed by atoms with Gasteiger partial charge in [0.1, 0.15) is 5.75 Å². The Labute approximate surface area is 166 Å². The van der Waals surface area contributed by atoms with Gasteiger partial charge in [0.05, 0.1) is 6.54 Å². The number of hydrogen-bond donors (Lipinski definition) is 3. The molecule has 3 N–H and O–H groups in total. The lowest BCUT2D eigenvalue weighted by Crippen LogP contribution is -2.47. The molecule has 2 amide bonds. The van der Waals surface area contributed by atoms with Gasteiger partial charge in [-0.15, -0.1) is 0 Å². The minimum absolute atomic E-state index is 0.208. The molecule has 7 heteroatoms. The third-order valence-electron chi connectivity index (χ3n) is 4.32. The van der Waals surface area contributed by atoms with E-state index in [0.717, 1.165) is 23.0 Å². The number of hydrazine groups is 1. The van der Waals surface area contributed by atoms with Crippen molar-refractivity contribution in [1.29, 1.82) is 0 Å². The molecule has 1 heterocycles. The van der Waals surface area contributed by atoms with Crippen LogP contribution >= 0.6 is 15.9 Å². The van der Waals surface area contributed by atoms with Crippen molar-refractivity contribution in [2.75, 3.05) is 19.6 Å². The summed E-state index contributed by atoms with van der Waals surface area (Å²) in [7, 11) is 0. The lowest BCUT2D eigenvalue weighted by atomic mass is 9.99. The molecule has 0 saturated heterocycles. The number of phenolic OH excluding ortho intramolecular Hbond substituents is 1. The first-order valence-corrected chi connectivity index (χ1v) is 9.36. The number of halogens is 1. The van der Waals surface area contributed by atoms with Crippen LogP contribution < -0.4 is 10.9 Å². The first-order valence-electron chi connectivity index (χ1n) is 8.57. The zero-order valence-corrected chi connectivity index (χ0v) is 16.2. The predicted molar refractivity (Wildman–Crippen MR) is 107 cm³/mol. The predicted octanol–water partition coefficient (Wildman–Crippen LogP) is 2.71. The Morgan fingerprint density at radius 1 is 1.04 bits per heavy atom. The Balaban J connectivity index is 1.45. The summed E-state index contributed by atoms with van der Waals surface area (Å²) in [5, 5.41) is 9.37. The van der Waals surface area contributed by atoms with Crippen LogP contribution in [0.15, 0.2) is 59.1 Å². The summed E-state index contributed by atoms with van der Waals surface area (Å²) in [6.07, 6.45) is 2.91. The zero-order chi connectivity index (χ0) is 19.2. The van der Waals surface area contributed by atoms with Crippen LogP contribution in [0.2, 0.25) is 0 Å². The maximum Gasteiger partial charge on any atom is 0.269 e. The van der Waals surface area contributed by atoms with Gasteiger partial charge in [0.25, 0.3) is 11.8 Å². The van der Waals surface area contributed by atoms with E-state index in [1.54, 1.807) is 36.4 Å². The van der Waals surface area contributed by atoms with Crippen LogP contribution in [-0.2, 0) is 4.79 Å². The minimum atomic E-state index is -0.357. The third-order valence-corrected chi connectivity index (χ3v) is 4.85. The molecule has 140 valence electrons. The molecule has 0 atom stereocenters. The highest BCUT2D eigenvalue weighted by atomic mass is 79.9. The number of rotatable bonds is 4. The highest BCUT2D eigenvalue weighted by molar-refractivity contribution is 9.10. The number of carbonyl (C=O) groups is 2. The molecule has 0 bridgehead atoms. The summed E-state index contributed by atoms with van der Waals surface area (Å²) in [4.78, 5) is 26.1. The minimum Gasteiger partial charge on any atom is -0.508 e. The van der Waals surface area contributed by atoms with Crippen LogP contribution in [0, 0.1) is 0 Å². The van der Waals surface area contributed by atoms with Crippen molar-refractivity contribution in [3.05, 3.63) is 70.2 Å². The molecule has 0 aromatic heterocycles. The molecule has 3 rings (SSSR count). The molecular weight excluding hydrogens is 410 g/mol. The molecule has 0 spiro atoms. The molecule has 27 heavy (non-hydrogen) atoms. The number of carbonyl (C=O) groups excluding carboxylic acids is 2. The number of benzene rings is 2. The van der Waals surface area contributed by atoms with Crippen molar-refractivity contribution < 1.29 is 14.7 Å². The van der Waals surface area contributed by atoms with Crippen molar-refractivity contribution in [2.45, 2.75) is 6.42 Å². The van der Waals surface area contributed by atoms with Gasteiger partial charge in [-0.2, -0.15) is 0 Å². The standard InChI is InChI=1S/C20H20BrN3O3/c21-17-5-1-16(2-6-17)20(27)23-22-19(26)13-24-11-9-15(10-12-24)14-3-7-18(25)8-4-14/h1-9,25H,10-13H2,(H,22,26)(H,23,27). The Hall–Kier alpha value is -2.64. The maximum atomic E-state index is 12.1. The van der Waals surface area contributed by atoms with E-state index < -0.39 is 0 Å². The summed E-state index contributed by atoms with van der Waals surface area (Å²) in [6.45, 7) is 1.62. The fourth-order valence-corrected chi connectivity index (χ4v) is 3.10. The van der Waals surface area contributed by atoms with Crippen LogP contribution in [0.5, 0.6) is 5.75 Å². The molecule has 0 unspecified atom stereocenters. The first-order chi connectivity index (χ1) is 13.0. The lowest BCUT2D eigenvalue weighted by Gasteiger charge is -2.25. The van der Waals surface area contributed by atoms with Crippen molar-refractivity contribution >= 4 is 33.3 Å². The lowest BCUT2D eigenvalue weighted by molar-refractivity contribution is -0.122. The Kier molecular flexibility index (Phi) is 6.26. The fourth-order valence-electron chi connectivity index (χ4n) is 2.84. The molecule has 2 aromatic rings. The van der Waals surface area contributed by atoms with Gasteiger partial charge in [0.15, 0.2) is 0 Å². The molecule has 1 aliphatic rings. The monoisotopic (exact) mass is 429 g/mol. The van der Waals surface area contributed by atoms with Gasteiger partial charge in [-0.1, -0.05) is 34.1 Å². The molecule has 0 saturated carbocycles. The molecule has 0 aliphatic carbocycles. The number of nitrogens with zero attached hydrogens (tertiary/aromatic N) is 1. The maximum absolute atomic E-state index is 12.1. The van der Waals surface area contributed by atoms with Gasteiger partial charge in [-0.3, -0.25) is 25.3 Å². The Morgan fingerprint density at radius 2 is 1.74 bits per heavy atom. The second kappa shape index (κ2) is 8.83. The molecule has 0 radical (unpaired) electrons. The van der Waals surface area contributed by atoms with Crippen molar-refractivity contribution in [1.82, 2.24) is 15.8 Å². The van der Waals surface area contributed by atoms with E-state index in [1.165, 1.54) is 5.57 Å². The van der Waals surface area contributed by atoms with Gasteiger partial charge in [-0.25, -0.2) is 0 Å². The summed E-state index contributed by atoms with van der Waals surface area (Å²) in [5.74, 6) is -0.371. The van der Waals surface area contributed by atoms with Crippen LogP contribution in [0.4, 0.5) is 0 Å². The zero-order valence-electron chi connectivity index (χ0n) is 14.6. The van der Waals surface area contributed by atoms with Crippen LogP contribution in [0.25, 0.3) is 5.57 Å². The van der Waals surface area contributed by atoms with Gasteiger partial charge in [0, 0.05) is 23.1 Å². The molecular formula is C20H20BrN3O3. The van der Waals surface area contributed by atoms with Gasteiger partial charge in [-0.05, 0) is 54.0 Å². The average Bonchev–Trinajstić information content (AvgIpc) is 2.68. The fraction of sp³-hybridized carbons (Fsp3) is 0.200. The molecule has 0 fully saturated rings. The van der Waals surface area contributed by atoms with Crippen molar-refractivity contribution in [3.63, 3.8) is 0 Å².